The molecule has 1 aromatic rings. The monoisotopic (exact) mass is 246 g/mol. The van der Waals surface area contributed by atoms with E-state index in [9.17, 15) is 13.2 Å². The highest BCUT2D eigenvalue weighted by Gasteiger charge is 2.33. The molecule has 1 rings (SSSR count). The van der Waals surface area contributed by atoms with Gasteiger partial charge in [0.15, 0.2) is 0 Å². The normalized spacial score (nSPS) is 11.0. The Hall–Kier alpha value is -2.01. The van der Waals surface area contributed by atoms with E-state index in [1.54, 1.807) is 6.07 Å². The van der Waals surface area contributed by atoms with Crippen LogP contribution < -0.4 is 16.2 Å². The average Bonchev–Trinajstić information content (AvgIpc) is 2.21. The molecule has 5 nitrogen and oxygen atoms in total. The molecule has 0 radical (unpaired) electrons. The predicted molar refractivity (Wildman–Crippen MR) is 52.5 cm³/mol. The number of hydrogen-bond acceptors (Lipinski definition) is 5. The minimum atomic E-state index is -4.88. The third kappa shape index (κ3) is 3.22. The number of alkyl halides is 3. The van der Waals surface area contributed by atoms with E-state index < -0.39 is 12.2 Å². The third-order valence-electron chi connectivity index (χ3n) is 1.96. The standard InChI is InChI=1S/C9H9F3N4O/c10-9(11,12)17-8-5(1-2-13)6(3-14)7(15)4-16-8/h4H,1,3,14-15H2. The highest BCUT2D eigenvalue weighted by atomic mass is 19.4. The number of aromatic nitrogens is 1. The van der Waals surface area contributed by atoms with Crippen molar-refractivity contribution in [3.63, 3.8) is 0 Å². The van der Waals surface area contributed by atoms with Gasteiger partial charge in [-0.1, -0.05) is 0 Å². The molecular formula is C9H9F3N4O. The summed E-state index contributed by atoms with van der Waals surface area (Å²) < 4.78 is 40.0. The van der Waals surface area contributed by atoms with Gasteiger partial charge in [-0.25, -0.2) is 4.98 Å². The van der Waals surface area contributed by atoms with Gasteiger partial charge < -0.3 is 16.2 Å². The first-order chi connectivity index (χ1) is 7.89. The topological polar surface area (TPSA) is 97.9 Å². The molecule has 0 aliphatic heterocycles. The molecule has 1 aromatic heterocycles. The average molecular weight is 246 g/mol. The number of anilines is 1. The molecule has 0 aromatic carbocycles. The zero-order valence-corrected chi connectivity index (χ0v) is 8.58. The SMILES string of the molecule is N#CCc1c(OC(F)(F)F)ncc(N)c1CN. The van der Waals surface area contributed by atoms with E-state index in [1.807, 2.05) is 0 Å². The number of nitrogens with zero attached hydrogens (tertiary/aromatic N) is 2. The van der Waals surface area contributed by atoms with Crippen LogP contribution in [0, 0.1) is 11.3 Å². The van der Waals surface area contributed by atoms with Crippen molar-refractivity contribution < 1.29 is 17.9 Å². The van der Waals surface area contributed by atoms with Crippen LogP contribution in [-0.4, -0.2) is 11.3 Å². The lowest BCUT2D eigenvalue weighted by Crippen LogP contribution is -2.20. The van der Waals surface area contributed by atoms with Crippen LogP contribution in [0.5, 0.6) is 5.88 Å². The third-order valence-corrected chi connectivity index (χ3v) is 1.96. The number of ether oxygens (including phenoxy) is 1. The lowest BCUT2D eigenvalue weighted by atomic mass is 10.1. The minimum absolute atomic E-state index is 0.0349. The van der Waals surface area contributed by atoms with Crippen LogP contribution in [0.15, 0.2) is 6.20 Å². The minimum Gasteiger partial charge on any atom is -0.397 e. The highest BCUT2D eigenvalue weighted by molar-refractivity contribution is 5.53. The summed E-state index contributed by atoms with van der Waals surface area (Å²) >= 11 is 0. The fourth-order valence-corrected chi connectivity index (χ4v) is 1.29. The van der Waals surface area contributed by atoms with Crippen LogP contribution >= 0.6 is 0 Å². The van der Waals surface area contributed by atoms with Gasteiger partial charge in [-0.2, -0.15) is 5.26 Å². The molecule has 0 unspecified atom stereocenters. The Kier molecular flexibility index (Phi) is 3.75. The number of halogens is 3. The van der Waals surface area contributed by atoms with Crippen molar-refractivity contribution in [1.82, 2.24) is 4.98 Å². The first-order valence-electron chi connectivity index (χ1n) is 4.48. The molecule has 4 N–H and O–H groups in total. The Bertz CT molecular complexity index is 453. The first kappa shape index (κ1) is 13.1. The van der Waals surface area contributed by atoms with Crippen LogP contribution in [0.25, 0.3) is 0 Å². The summed E-state index contributed by atoms with van der Waals surface area (Å²) in [5, 5.41) is 8.56. The molecule has 17 heavy (non-hydrogen) atoms. The zero-order valence-electron chi connectivity index (χ0n) is 8.58. The molecule has 92 valence electrons. The van der Waals surface area contributed by atoms with Gasteiger partial charge in [0.2, 0.25) is 5.88 Å². The number of nitrogen functional groups attached to an aromatic ring is 1. The van der Waals surface area contributed by atoms with Crippen LogP contribution in [0.2, 0.25) is 0 Å². The van der Waals surface area contributed by atoms with Crippen molar-refractivity contribution in [2.75, 3.05) is 5.73 Å². The Morgan fingerprint density at radius 3 is 2.53 bits per heavy atom. The van der Waals surface area contributed by atoms with Gasteiger partial charge in [0.25, 0.3) is 0 Å². The van der Waals surface area contributed by atoms with Crippen molar-refractivity contribution in [3.05, 3.63) is 17.3 Å². The second-order valence-corrected chi connectivity index (χ2v) is 3.06. The molecule has 0 bridgehead atoms. The van der Waals surface area contributed by atoms with E-state index in [1.165, 1.54) is 0 Å². The van der Waals surface area contributed by atoms with E-state index in [-0.39, 0.29) is 29.8 Å². The summed E-state index contributed by atoms with van der Waals surface area (Å²) in [5.74, 6) is -0.686. The zero-order chi connectivity index (χ0) is 13.1. The largest absolute Gasteiger partial charge is 0.574 e. The van der Waals surface area contributed by atoms with Crippen LogP contribution in [0.1, 0.15) is 11.1 Å². The van der Waals surface area contributed by atoms with Crippen molar-refractivity contribution in [1.29, 1.82) is 5.26 Å². The van der Waals surface area contributed by atoms with E-state index in [0.29, 0.717) is 0 Å². The molecule has 0 atom stereocenters. The van der Waals surface area contributed by atoms with Crippen molar-refractivity contribution in [2.24, 2.45) is 5.73 Å². The van der Waals surface area contributed by atoms with E-state index in [0.717, 1.165) is 6.20 Å². The maximum absolute atomic E-state index is 12.1. The maximum atomic E-state index is 12.1. The van der Waals surface area contributed by atoms with Gasteiger partial charge in [0, 0.05) is 12.1 Å². The Balaban J connectivity index is 3.26. The van der Waals surface area contributed by atoms with Crippen molar-refractivity contribution >= 4 is 5.69 Å². The molecule has 0 saturated heterocycles. The first-order valence-corrected chi connectivity index (χ1v) is 4.48. The molecule has 8 heteroatoms. The number of nitriles is 1. The van der Waals surface area contributed by atoms with E-state index >= 15 is 0 Å². The van der Waals surface area contributed by atoms with Crippen molar-refractivity contribution in [3.8, 4) is 11.9 Å². The number of pyridine rings is 1. The van der Waals surface area contributed by atoms with Gasteiger partial charge in [-0.15, -0.1) is 13.2 Å². The summed E-state index contributed by atoms with van der Waals surface area (Å²) in [6, 6.07) is 1.71. The molecule has 0 amide bonds. The molecule has 0 saturated carbocycles. The Morgan fingerprint density at radius 1 is 1.41 bits per heavy atom. The second-order valence-electron chi connectivity index (χ2n) is 3.06. The molecule has 1 heterocycles. The Labute approximate surface area is 94.8 Å². The van der Waals surface area contributed by atoms with Gasteiger partial charge in [-0.3, -0.25) is 0 Å². The number of hydrogen-bond donors (Lipinski definition) is 2. The van der Waals surface area contributed by atoms with Crippen LogP contribution in [0.4, 0.5) is 18.9 Å². The summed E-state index contributed by atoms with van der Waals surface area (Å²) in [5.41, 5.74) is 11.2. The van der Waals surface area contributed by atoms with Crippen LogP contribution in [0.3, 0.4) is 0 Å². The summed E-state index contributed by atoms with van der Waals surface area (Å²) in [4.78, 5) is 3.42. The second kappa shape index (κ2) is 4.88. The van der Waals surface area contributed by atoms with Gasteiger partial charge >= 0.3 is 6.36 Å². The Morgan fingerprint density at radius 2 is 2.06 bits per heavy atom. The predicted octanol–water partition coefficient (Wildman–Crippen LogP) is 1.09. The summed E-state index contributed by atoms with van der Waals surface area (Å²) in [6.07, 6.45) is -4.17. The smallest absolute Gasteiger partial charge is 0.397 e. The van der Waals surface area contributed by atoms with Gasteiger partial charge in [-0.05, 0) is 5.56 Å². The lowest BCUT2D eigenvalue weighted by Gasteiger charge is -2.14. The number of nitrogens with two attached hydrogens (primary N) is 2. The number of rotatable bonds is 3. The lowest BCUT2D eigenvalue weighted by molar-refractivity contribution is -0.276. The fraction of sp³-hybridized carbons (Fsp3) is 0.333. The molecule has 0 fully saturated rings. The molecular weight excluding hydrogens is 237 g/mol. The van der Waals surface area contributed by atoms with E-state index in [2.05, 4.69) is 9.72 Å². The van der Waals surface area contributed by atoms with Gasteiger partial charge in [0.1, 0.15) is 0 Å². The fourth-order valence-electron chi connectivity index (χ4n) is 1.29. The van der Waals surface area contributed by atoms with Crippen molar-refractivity contribution in [2.45, 2.75) is 19.3 Å². The van der Waals surface area contributed by atoms with E-state index in [4.69, 9.17) is 16.7 Å². The highest BCUT2D eigenvalue weighted by Crippen LogP contribution is 2.29. The quantitative estimate of drug-likeness (QED) is 0.831. The summed E-state index contributed by atoms with van der Waals surface area (Å²) in [6.45, 7) is -0.0976. The summed E-state index contributed by atoms with van der Waals surface area (Å²) in [7, 11) is 0. The van der Waals surface area contributed by atoms with Gasteiger partial charge in [0.05, 0.1) is 24.4 Å². The molecule has 0 aliphatic rings. The maximum Gasteiger partial charge on any atom is 0.574 e. The molecule has 0 aliphatic carbocycles. The molecule has 0 spiro atoms. The van der Waals surface area contributed by atoms with Crippen LogP contribution in [-0.2, 0) is 13.0 Å².